The van der Waals surface area contributed by atoms with Crippen LogP contribution in [0, 0.1) is 5.82 Å². The molecule has 5 heteroatoms. The normalized spacial score (nSPS) is 19.9. The third kappa shape index (κ3) is 3.25. The van der Waals surface area contributed by atoms with Gasteiger partial charge in [-0.05, 0) is 30.7 Å². The summed E-state index contributed by atoms with van der Waals surface area (Å²) in [4.78, 5) is 4.49. The van der Waals surface area contributed by atoms with Crippen molar-refractivity contribution in [2.75, 3.05) is 5.75 Å². The first kappa shape index (κ1) is 12.5. The van der Waals surface area contributed by atoms with Gasteiger partial charge in [-0.2, -0.15) is 0 Å². The number of hydrogen-bond acceptors (Lipinski definition) is 3. The van der Waals surface area contributed by atoms with Crippen LogP contribution in [0.3, 0.4) is 0 Å². The lowest BCUT2D eigenvalue weighted by Crippen LogP contribution is -1.92. The monoisotopic (exact) mass is 319 g/mol. The first-order valence-corrected chi connectivity index (χ1v) is 7.69. The molecule has 1 atom stereocenters. The van der Waals surface area contributed by atoms with Gasteiger partial charge in [0.25, 0.3) is 0 Å². The van der Waals surface area contributed by atoms with Crippen molar-refractivity contribution in [2.45, 2.75) is 18.7 Å². The first-order chi connectivity index (χ1) is 7.65. The molecule has 0 saturated heterocycles. The first-order valence-electron chi connectivity index (χ1n) is 4.92. The van der Waals surface area contributed by atoms with Crippen molar-refractivity contribution in [1.82, 2.24) is 0 Å². The van der Waals surface area contributed by atoms with Gasteiger partial charge in [-0.15, -0.1) is 0 Å². The molecule has 1 nitrogen and oxygen atoms in total. The molecule has 0 amide bonds. The van der Waals surface area contributed by atoms with Crippen LogP contribution in [-0.4, -0.2) is 16.2 Å². The average Bonchev–Trinajstić information content (AvgIpc) is 2.66. The topological polar surface area (TPSA) is 12.4 Å². The number of halogens is 2. The summed E-state index contributed by atoms with van der Waals surface area (Å²) >= 11 is 6.89. The molecule has 1 aliphatic rings. The van der Waals surface area contributed by atoms with Crippen LogP contribution in [0.15, 0.2) is 27.7 Å². The molecule has 0 spiro atoms. The number of nitrogens with zero attached hydrogens (tertiary/aromatic N) is 1. The van der Waals surface area contributed by atoms with E-state index in [1.54, 1.807) is 35.7 Å². The van der Waals surface area contributed by atoms with Gasteiger partial charge in [0.15, 0.2) is 0 Å². The van der Waals surface area contributed by atoms with Gasteiger partial charge in [0.2, 0.25) is 0 Å². The predicted molar refractivity (Wildman–Crippen MR) is 74.8 cm³/mol. The van der Waals surface area contributed by atoms with E-state index in [0.29, 0.717) is 6.04 Å². The molecule has 0 bridgehead atoms. The Balaban J connectivity index is 1.99. The van der Waals surface area contributed by atoms with Gasteiger partial charge in [-0.1, -0.05) is 39.5 Å². The maximum atomic E-state index is 13.0. The Bertz CT molecular complexity index is 422. The molecule has 1 aromatic rings. The Morgan fingerprint density at radius 3 is 3.12 bits per heavy atom. The minimum atomic E-state index is -0.187. The van der Waals surface area contributed by atoms with Crippen LogP contribution in [0.1, 0.15) is 12.5 Å². The second kappa shape index (κ2) is 5.56. The highest BCUT2D eigenvalue weighted by Gasteiger charge is 2.14. The third-order valence-electron chi connectivity index (χ3n) is 2.13. The zero-order valence-electron chi connectivity index (χ0n) is 8.74. The molecule has 0 N–H and O–H groups in total. The summed E-state index contributed by atoms with van der Waals surface area (Å²) in [7, 11) is 0. The Kier molecular flexibility index (Phi) is 4.33. The van der Waals surface area contributed by atoms with E-state index >= 15 is 0 Å². The van der Waals surface area contributed by atoms with E-state index in [-0.39, 0.29) is 5.82 Å². The summed E-state index contributed by atoms with van der Waals surface area (Å²) in [6.07, 6.45) is 0. The fourth-order valence-electron chi connectivity index (χ4n) is 1.32. The highest BCUT2D eigenvalue weighted by molar-refractivity contribution is 9.10. The van der Waals surface area contributed by atoms with Gasteiger partial charge in [0.1, 0.15) is 10.2 Å². The van der Waals surface area contributed by atoms with Crippen molar-refractivity contribution < 1.29 is 4.39 Å². The Hall–Kier alpha value is -0.000000000000000111. The second-order valence-electron chi connectivity index (χ2n) is 3.58. The molecule has 16 heavy (non-hydrogen) atoms. The van der Waals surface area contributed by atoms with Crippen molar-refractivity contribution in [2.24, 2.45) is 4.99 Å². The van der Waals surface area contributed by atoms with Gasteiger partial charge in [-0.25, -0.2) is 4.39 Å². The summed E-state index contributed by atoms with van der Waals surface area (Å²) in [5.41, 5.74) is 0.979. The maximum absolute atomic E-state index is 13.0. The molecule has 2 rings (SSSR count). The van der Waals surface area contributed by atoms with Crippen molar-refractivity contribution in [3.63, 3.8) is 0 Å². The smallest absolute Gasteiger partial charge is 0.125 e. The van der Waals surface area contributed by atoms with E-state index in [1.807, 2.05) is 0 Å². The van der Waals surface area contributed by atoms with Crippen molar-refractivity contribution >= 4 is 43.8 Å². The van der Waals surface area contributed by atoms with E-state index in [2.05, 4.69) is 27.8 Å². The van der Waals surface area contributed by atoms with Gasteiger partial charge >= 0.3 is 0 Å². The van der Waals surface area contributed by atoms with E-state index in [0.717, 1.165) is 25.9 Å². The van der Waals surface area contributed by atoms with Gasteiger partial charge < -0.3 is 0 Å². The summed E-state index contributed by atoms with van der Waals surface area (Å²) in [5.74, 6) is 1.64. The van der Waals surface area contributed by atoms with Gasteiger partial charge in [0, 0.05) is 16.0 Å². The van der Waals surface area contributed by atoms with E-state index < -0.39 is 0 Å². The molecular weight excluding hydrogens is 309 g/mol. The number of thioether (sulfide) groups is 2. The lowest BCUT2D eigenvalue weighted by molar-refractivity contribution is 0.626. The van der Waals surface area contributed by atoms with E-state index in [9.17, 15) is 4.39 Å². The summed E-state index contributed by atoms with van der Waals surface area (Å²) in [6, 6.07) is 5.20. The maximum Gasteiger partial charge on any atom is 0.125 e. The lowest BCUT2D eigenvalue weighted by Gasteiger charge is -2.03. The number of rotatable bonds is 2. The third-order valence-corrected chi connectivity index (χ3v) is 5.42. The molecule has 1 heterocycles. The van der Waals surface area contributed by atoms with Crippen molar-refractivity contribution in [1.29, 1.82) is 0 Å². The standard InChI is InChI=1S/C11H11BrFNS2/c1-7-5-15-11(14-7)16-6-8-4-9(13)2-3-10(8)12/h2-4,7H,5-6H2,1H3/t7-/m0/s1. The molecule has 0 radical (unpaired) electrons. The zero-order valence-corrected chi connectivity index (χ0v) is 12.0. The van der Waals surface area contributed by atoms with Crippen LogP contribution in [0.4, 0.5) is 4.39 Å². The SMILES string of the molecule is C[C@H]1CSC(SCc2cc(F)ccc2Br)=N1. The van der Waals surface area contributed by atoms with E-state index in [1.165, 1.54) is 6.07 Å². The molecule has 1 aliphatic heterocycles. The number of aliphatic imine (C=N–C) groups is 1. The highest BCUT2D eigenvalue weighted by atomic mass is 79.9. The Labute approximate surface area is 111 Å². The lowest BCUT2D eigenvalue weighted by atomic mass is 10.2. The molecule has 0 saturated carbocycles. The van der Waals surface area contributed by atoms with Crippen LogP contribution >= 0.6 is 39.5 Å². The van der Waals surface area contributed by atoms with Crippen LogP contribution < -0.4 is 0 Å². The molecule has 0 unspecified atom stereocenters. The van der Waals surface area contributed by atoms with Crippen LogP contribution in [0.25, 0.3) is 0 Å². The molecule has 0 aromatic heterocycles. The quantitative estimate of drug-likeness (QED) is 0.805. The second-order valence-corrected chi connectivity index (χ2v) is 6.66. The van der Waals surface area contributed by atoms with Gasteiger partial charge in [-0.3, -0.25) is 4.99 Å². The number of hydrogen-bond donors (Lipinski definition) is 0. The molecule has 1 aromatic carbocycles. The summed E-state index contributed by atoms with van der Waals surface area (Å²) in [6.45, 7) is 2.11. The van der Waals surface area contributed by atoms with E-state index in [4.69, 9.17) is 0 Å². The summed E-state index contributed by atoms with van der Waals surface area (Å²) in [5, 5.41) is 0. The predicted octanol–water partition coefficient (Wildman–Crippen LogP) is 4.31. The van der Waals surface area contributed by atoms with Crippen LogP contribution in [0.5, 0.6) is 0 Å². The molecule has 0 aliphatic carbocycles. The van der Waals surface area contributed by atoms with Gasteiger partial charge in [0.05, 0.1) is 6.04 Å². The number of benzene rings is 1. The van der Waals surface area contributed by atoms with Crippen LogP contribution in [-0.2, 0) is 5.75 Å². The summed E-state index contributed by atoms with van der Waals surface area (Å²) < 4.78 is 15.1. The minimum absolute atomic E-state index is 0.187. The fraction of sp³-hybridized carbons (Fsp3) is 0.364. The molecule has 0 fully saturated rings. The minimum Gasteiger partial charge on any atom is -0.268 e. The molecular formula is C11H11BrFNS2. The average molecular weight is 320 g/mol. The molecule has 86 valence electrons. The zero-order chi connectivity index (χ0) is 11.5. The fourth-order valence-corrected chi connectivity index (χ4v) is 4.09. The Morgan fingerprint density at radius 1 is 1.62 bits per heavy atom. The Morgan fingerprint density at radius 2 is 2.44 bits per heavy atom. The van der Waals surface area contributed by atoms with Crippen molar-refractivity contribution in [3.05, 3.63) is 34.1 Å². The highest BCUT2D eigenvalue weighted by Crippen LogP contribution is 2.30. The van der Waals surface area contributed by atoms with Crippen molar-refractivity contribution in [3.8, 4) is 0 Å². The van der Waals surface area contributed by atoms with Crippen LogP contribution in [0.2, 0.25) is 0 Å². The largest absolute Gasteiger partial charge is 0.268 e.